The summed E-state index contributed by atoms with van der Waals surface area (Å²) in [4.78, 5) is 0. The maximum atomic E-state index is 4.84. The second kappa shape index (κ2) is 18.0. The molecule has 0 spiro atoms. The molecule has 0 unspecified atom stereocenters. The minimum Gasteiger partial charge on any atom is -1.00 e. The summed E-state index contributed by atoms with van der Waals surface area (Å²) in [6, 6.07) is 26.2. The summed E-state index contributed by atoms with van der Waals surface area (Å²) in [7, 11) is 0. The van der Waals surface area contributed by atoms with Crippen molar-refractivity contribution in [2.45, 2.75) is 13.8 Å². The molecule has 3 aromatic carbocycles. The monoisotopic (exact) mass is 438 g/mol. The molecule has 0 heterocycles. The zero-order valence-corrected chi connectivity index (χ0v) is 18.0. The summed E-state index contributed by atoms with van der Waals surface area (Å²) in [5, 5.41) is 0. The zero-order chi connectivity index (χ0) is 14.6. The second-order valence-corrected chi connectivity index (χ2v) is 4.57. The van der Waals surface area contributed by atoms with Crippen molar-refractivity contribution in [3.8, 4) is 0 Å². The smallest absolute Gasteiger partial charge is 1.00 e. The third-order valence-corrected chi connectivity index (χ3v) is 3.14. The third-order valence-electron chi connectivity index (χ3n) is 2.88. The summed E-state index contributed by atoms with van der Waals surface area (Å²) in [5.41, 5.74) is 3.76. The van der Waals surface area contributed by atoms with Crippen LogP contribution < -0.4 is 30.3 Å². The molecule has 0 fully saturated rings. The van der Waals surface area contributed by atoms with Crippen LogP contribution in [0.5, 0.6) is 0 Å². The van der Waals surface area contributed by atoms with E-state index in [1.54, 1.807) is 6.15 Å². The maximum absolute atomic E-state index is 4.84. The van der Waals surface area contributed by atoms with E-state index in [4.69, 9.17) is 12.1 Å². The van der Waals surface area contributed by atoms with Gasteiger partial charge in [-0.15, -0.1) is 0 Å². The van der Waals surface area contributed by atoms with Gasteiger partial charge >= 0.3 is 93.1 Å². The molecule has 118 valence electrons. The van der Waals surface area contributed by atoms with Crippen molar-refractivity contribution in [1.82, 2.24) is 0 Å². The number of hydrogen-bond donors (Lipinski definition) is 0. The Bertz CT molecular complexity index is 520. The van der Waals surface area contributed by atoms with Gasteiger partial charge in [0.25, 0.3) is 0 Å². The van der Waals surface area contributed by atoms with Crippen LogP contribution in [0, 0.1) is 13.8 Å². The molecule has 0 nitrogen and oxygen atoms in total. The molecule has 0 atom stereocenters. The van der Waals surface area contributed by atoms with Crippen molar-refractivity contribution in [3.05, 3.63) is 90.0 Å². The topological polar surface area (TPSA) is 0 Å². The molecule has 0 saturated carbocycles. The van der Waals surface area contributed by atoms with Gasteiger partial charge in [-0.1, -0.05) is 0 Å². The number of aryl methyl sites for hydroxylation is 1. The van der Waals surface area contributed by atoms with Gasteiger partial charge in [0.15, 0.2) is 0 Å². The van der Waals surface area contributed by atoms with Crippen LogP contribution in [-0.2, 0) is 26.2 Å². The summed E-state index contributed by atoms with van der Waals surface area (Å²) >= 11 is 4.84. The average Bonchev–Trinajstić information content (AvgIpc) is 3.20. The Morgan fingerprint density at radius 3 is 1.48 bits per heavy atom. The van der Waals surface area contributed by atoms with Gasteiger partial charge in [0, 0.05) is 0 Å². The van der Waals surface area contributed by atoms with Crippen molar-refractivity contribution in [3.63, 3.8) is 0 Å². The largest absolute Gasteiger partial charge is 4.00 e. The van der Waals surface area contributed by atoms with Gasteiger partial charge in [-0.3, -0.25) is 0 Å². The first-order valence-corrected chi connectivity index (χ1v) is 7.07. The molecule has 3 aromatic rings. The van der Waals surface area contributed by atoms with Crippen LogP contribution >= 0.6 is 12.1 Å². The fourth-order valence-electron chi connectivity index (χ4n) is 1.54. The molecule has 0 aliphatic rings. The molecule has 0 saturated heterocycles. The summed E-state index contributed by atoms with van der Waals surface area (Å²) in [6.07, 6.45) is 1.72. The molecule has 0 aliphatic carbocycles. The van der Waals surface area contributed by atoms with Crippen LogP contribution in [-0.4, -0.2) is 6.15 Å². The Kier molecular flexibility index (Phi) is 21.5. The zero-order valence-electron chi connectivity index (χ0n) is 13.2. The minimum atomic E-state index is 0. The van der Waals surface area contributed by atoms with Gasteiger partial charge in [-0.25, -0.2) is 24.3 Å². The SMILES string of the molecule is Cc1cccc(B=S)c1C.[Cl-].[Cl-].[Zr+4].c1cc[cH-]c1.c1cc[cH-]c1. The molecular weight excluding hydrogens is 421 g/mol. The van der Waals surface area contributed by atoms with Crippen LogP contribution in [0.2, 0.25) is 0 Å². The fourth-order valence-corrected chi connectivity index (χ4v) is 1.80. The first-order chi connectivity index (χ1) is 9.75. The predicted molar refractivity (Wildman–Crippen MR) is 93.0 cm³/mol. The first kappa shape index (κ1) is 27.5. The number of rotatable bonds is 1. The molecular formula is C18H19BCl2SZr. The molecule has 3 rings (SSSR count). The minimum absolute atomic E-state index is 0. The molecule has 0 radical (unpaired) electrons. The first-order valence-electron chi connectivity index (χ1n) is 6.60. The van der Waals surface area contributed by atoms with E-state index >= 15 is 0 Å². The van der Waals surface area contributed by atoms with Crippen LogP contribution in [0.4, 0.5) is 0 Å². The van der Waals surface area contributed by atoms with E-state index in [1.807, 2.05) is 72.8 Å². The molecule has 0 N–H and O–H groups in total. The standard InChI is InChI=1S/C8H9BS.2C5H5.2ClH.Zr/c1-6-4-3-5-8(9-10)7(6)2;2*1-2-4-5-3-1;;;/h3-5H,1-2H3;2*1-5H;2*1H;/q;2*-1;;;+4/p-2. The molecule has 0 amide bonds. The van der Waals surface area contributed by atoms with Crippen LogP contribution in [0.25, 0.3) is 0 Å². The number of hydrogen-bond acceptors (Lipinski definition) is 1. The Balaban J connectivity index is -0.000000265. The molecule has 0 bridgehead atoms. The van der Waals surface area contributed by atoms with Crippen LogP contribution in [0.15, 0.2) is 78.9 Å². The van der Waals surface area contributed by atoms with E-state index in [-0.39, 0.29) is 51.0 Å². The summed E-state index contributed by atoms with van der Waals surface area (Å²) in [6.45, 7) is 4.19. The van der Waals surface area contributed by atoms with Crippen molar-refractivity contribution >= 4 is 23.7 Å². The van der Waals surface area contributed by atoms with Crippen molar-refractivity contribution < 1.29 is 51.0 Å². The molecule has 5 heteroatoms. The van der Waals surface area contributed by atoms with Gasteiger partial charge in [-0.05, 0) is 0 Å². The van der Waals surface area contributed by atoms with Crippen LogP contribution in [0.3, 0.4) is 0 Å². The van der Waals surface area contributed by atoms with E-state index in [9.17, 15) is 0 Å². The van der Waals surface area contributed by atoms with E-state index in [0.717, 1.165) is 5.46 Å². The van der Waals surface area contributed by atoms with Gasteiger partial charge in [-0.2, -0.15) is 36.4 Å². The molecule has 23 heavy (non-hydrogen) atoms. The van der Waals surface area contributed by atoms with Gasteiger partial charge in [0.05, 0.1) is 0 Å². The van der Waals surface area contributed by atoms with E-state index in [1.165, 1.54) is 11.1 Å². The fraction of sp³-hybridized carbons (Fsp3) is 0.111. The van der Waals surface area contributed by atoms with Gasteiger partial charge in [0.1, 0.15) is 0 Å². The van der Waals surface area contributed by atoms with Crippen molar-refractivity contribution in [1.29, 1.82) is 0 Å². The second-order valence-electron chi connectivity index (χ2n) is 4.33. The quantitative estimate of drug-likeness (QED) is 0.330. The van der Waals surface area contributed by atoms with Crippen LogP contribution in [0.1, 0.15) is 11.1 Å². The normalized spacial score (nSPS) is 7.39. The van der Waals surface area contributed by atoms with E-state index in [0.29, 0.717) is 0 Å². The Morgan fingerprint density at radius 1 is 0.783 bits per heavy atom. The maximum Gasteiger partial charge on any atom is 4.00 e. The van der Waals surface area contributed by atoms with E-state index in [2.05, 4.69) is 19.9 Å². The summed E-state index contributed by atoms with van der Waals surface area (Å²) in [5.74, 6) is 0. The molecule has 0 aliphatic heterocycles. The predicted octanol–water partition coefficient (Wildman–Crippen LogP) is -1.44. The van der Waals surface area contributed by atoms with Crippen molar-refractivity contribution in [2.24, 2.45) is 0 Å². The van der Waals surface area contributed by atoms with Gasteiger partial charge in [0.2, 0.25) is 0 Å². The summed E-state index contributed by atoms with van der Waals surface area (Å²) < 4.78 is 0. The Morgan fingerprint density at radius 2 is 1.22 bits per heavy atom. The van der Waals surface area contributed by atoms with Gasteiger partial charge < -0.3 is 24.8 Å². The Labute approximate surface area is 177 Å². The third kappa shape index (κ3) is 12.7. The number of halogens is 2. The number of benzene rings is 1. The Hall–Kier alpha value is -0.332. The van der Waals surface area contributed by atoms with Crippen molar-refractivity contribution in [2.75, 3.05) is 0 Å². The molecule has 0 aromatic heterocycles. The van der Waals surface area contributed by atoms with E-state index < -0.39 is 0 Å². The average molecular weight is 440 g/mol.